The first-order valence-electron chi connectivity index (χ1n) is 8.42. The molecular formula is C18H31NS. The second kappa shape index (κ2) is 7.61. The molecule has 0 saturated heterocycles. The van der Waals surface area contributed by atoms with Gasteiger partial charge in [-0.1, -0.05) is 26.2 Å². The summed E-state index contributed by atoms with van der Waals surface area (Å²) in [6, 6.07) is 2.42. The van der Waals surface area contributed by atoms with Crippen molar-refractivity contribution in [2.75, 3.05) is 13.1 Å². The molecule has 0 atom stereocenters. The van der Waals surface area contributed by atoms with E-state index in [1.54, 1.807) is 10.4 Å². The van der Waals surface area contributed by atoms with Gasteiger partial charge in [-0.2, -0.15) is 0 Å². The number of nitrogens with one attached hydrogen (secondary N) is 1. The van der Waals surface area contributed by atoms with Gasteiger partial charge in [0.1, 0.15) is 0 Å². The Morgan fingerprint density at radius 3 is 2.50 bits per heavy atom. The zero-order valence-electron chi connectivity index (χ0n) is 13.6. The molecule has 1 N–H and O–H groups in total. The highest BCUT2D eigenvalue weighted by atomic mass is 32.1. The van der Waals surface area contributed by atoms with Crippen LogP contribution in [0.1, 0.15) is 67.2 Å². The summed E-state index contributed by atoms with van der Waals surface area (Å²) in [6.45, 7) is 9.06. The van der Waals surface area contributed by atoms with Crippen LogP contribution in [0.4, 0.5) is 0 Å². The van der Waals surface area contributed by atoms with Gasteiger partial charge in [-0.05, 0) is 76.1 Å². The summed E-state index contributed by atoms with van der Waals surface area (Å²) in [4.78, 5) is 3.02. The summed E-state index contributed by atoms with van der Waals surface area (Å²) < 4.78 is 0. The van der Waals surface area contributed by atoms with Gasteiger partial charge in [-0.15, -0.1) is 11.3 Å². The van der Waals surface area contributed by atoms with Gasteiger partial charge in [0.15, 0.2) is 0 Å². The Bertz CT molecular complexity index is 402. The van der Waals surface area contributed by atoms with Crippen LogP contribution in [0.15, 0.2) is 6.07 Å². The molecule has 1 aromatic heterocycles. The third-order valence-corrected chi connectivity index (χ3v) is 6.07. The zero-order chi connectivity index (χ0) is 14.4. The van der Waals surface area contributed by atoms with Crippen LogP contribution >= 0.6 is 11.3 Å². The Labute approximate surface area is 129 Å². The Kier molecular flexibility index (Phi) is 6.10. The van der Waals surface area contributed by atoms with E-state index in [0.29, 0.717) is 5.41 Å². The van der Waals surface area contributed by atoms with Crippen LogP contribution in [0.3, 0.4) is 0 Å². The Balaban J connectivity index is 1.94. The Morgan fingerprint density at radius 1 is 1.15 bits per heavy atom. The van der Waals surface area contributed by atoms with Crippen molar-refractivity contribution in [2.24, 2.45) is 5.41 Å². The summed E-state index contributed by atoms with van der Waals surface area (Å²) in [7, 11) is 0. The summed E-state index contributed by atoms with van der Waals surface area (Å²) in [5, 5.41) is 3.54. The van der Waals surface area contributed by atoms with E-state index in [2.05, 4.69) is 32.2 Å². The highest BCUT2D eigenvalue weighted by Crippen LogP contribution is 2.43. The maximum Gasteiger partial charge on any atom is 0.00490 e. The van der Waals surface area contributed by atoms with Crippen LogP contribution in [0.25, 0.3) is 0 Å². The second-order valence-corrected chi connectivity index (χ2v) is 8.06. The van der Waals surface area contributed by atoms with Crippen molar-refractivity contribution in [3.8, 4) is 0 Å². The monoisotopic (exact) mass is 293 g/mol. The minimum atomic E-state index is 0.628. The topological polar surface area (TPSA) is 12.0 Å². The van der Waals surface area contributed by atoms with E-state index in [1.165, 1.54) is 62.8 Å². The van der Waals surface area contributed by atoms with E-state index >= 15 is 0 Å². The van der Waals surface area contributed by atoms with E-state index < -0.39 is 0 Å². The molecule has 1 aromatic rings. The number of hydrogen-bond acceptors (Lipinski definition) is 2. The number of aryl methyl sites for hydroxylation is 3. The van der Waals surface area contributed by atoms with Gasteiger partial charge in [0.25, 0.3) is 0 Å². The average Bonchev–Trinajstić information content (AvgIpc) is 2.76. The second-order valence-electron chi connectivity index (χ2n) is 6.60. The fourth-order valence-electron chi connectivity index (χ4n) is 3.79. The quantitative estimate of drug-likeness (QED) is 0.677. The minimum absolute atomic E-state index is 0.628. The van der Waals surface area contributed by atoms with Crippen molar-refractivity contribution in [1.29, 1.82) is 0 Å². The maximum absolute atomic E-state index is 3.54. The van der Waals surface area contributed by atoms with Crippen LogP contribution in [0.5, 0.6) is 0 Å². The van der Waals surface area contributed by atoms with Crippen molar-refractivity contribution in [3.63, 3.8) is 0 Å². The smallest absolute Gasteiger partial charge is 0.00490 e. The molecule has 0 unspecified atom stereocenters. The third-order valence-electron chi connectivity index (χ3n) is 5.06. The third kappa shape index (κ3) is 4.33. The molecule has 1 heterocycles. The molecule has 1 aliphatic rings. The molecule has 1 nitrogen and oxygen atoms in total. The lowest BCUT2D eigenvalue weighted by molar-refractivity contribution is 0.157. The van der Waals surface area contributed by atoms with Gasteiger partial charge >= 0.3 is 0 Å². The highest BCUT2D eigenvalue weighted by Gasteiger charge is 2.31. The zero-order valence-corrected chi connectivity index (χ0v) is 14.4. The Morgan fingerprint density at radius 2 is 1.90 bits per heavy atom. The molecule has 20 heavy (non-hydrogen) atoms. The van der Waals surface area contributed by atoms with Gasteiger partial charge in [0.2, 0.25) is 0 Å². The van der Waals surface area contributed by atoms with Gasteiger partial charge in [0, 0.05) is 9.75 Å². The molecular weight excluding hydrogens is 262 g/mol. The summed E-state index contributed by atoms with van der Waals surface area (Å²) >= 11 is 1.96. The molecule has 2 heteroatoms. The standard InChI is InChI=1S/C18H31NS/c1-4-19-13-12-18(9-6-5-7-10-18)11-8-17-14-15(2)20-16(17)3/h14,19H,4-13H2,1-3H3. The molecule has 1 saturated carbocycles. The average molecular weight is 294 g/mol. The lowest BCUT2D eigenvalue weighted by Gasteiger charge is -2.38. The minimum Gasteiger partial charge on any atom is -0.317 e. The van der Waals surface area contributed by atoms with Gasteiger partial charge < -0.3 is 5.32 Å². The molecule has 1 fully saturated rings. The normalized spacial score (nSPS) is 18.4. The predicted molar refractivity (Wildman–Crippen MR) is 90.8 cm³/mol. The van der Waals surface area contributed by atoms with Crippen molar-refractivity contribution in [2.45, 2.75) is 72.1 Å². The van der Waals surface area contributed by atoms with Gasteiger partial charge in [-0.25, -0.2) is 0 Å². The lowest BCUT2D eigenvalue weighted by Crippen LogP contribution is -2.30. The fraction of sp³-hybridized carbons (Fsp3) is 0.778. The molecule has 114 valence electrons. The molecule has 0 amide bonds. The highest BCUT2D eigenvalue weighted by molar-refractivity contribution is 7.12. The van der Waals surface area contributed by atoms with Crippen molar-refractivity contribution < 1.29 is 0 Å². The molecule has 1 aliphatic carbocycles. The fourth-order valence-corrected chi connectivity index (χ4v) is 4.76. The summed E-state index contributed by atoms with van der Waals surface area (Å²) in [5.41, 5.74) is 2.24. The van der Waals surface area contributed by atoms with Crippen molar-refractivity contribution >= 4 is 11.3 Å². The van der Waals surface area contributed by atoms with Crippen LogP contribution in [0.2, 0.25) is 0 Å². The number of thiophene rings is 1. The largest absolute Gasteiger partial charge is 0.317 e. The van der Waals surface area contributed by atoms with Crippen LogP contribution in [0, 0.1) is 19.3 Å². The number of rotatable bonds is 7. The van der Waals surface area contributed by atoms with Crippen LogP contribution < -0.4 is 5.32 Å². The molecule has 0 spiro atoms. The summed E-state index contributed by atoms with van der Waals surface area (Å²) in [5.74, 6) is 0. The van der Waals surface area contributed by atoms with E-state index in [0.717, 1.165) is 6.54 Å². The Hall–Kier alpha value is -0.340. The number of hydrogen-bond donors (Lipinski definition) is 1. The predicted octanol–water partition coefficient (Wildman–Crippen LogP) is 5.25. The first-order valence-corrected chi connectivity index (χ1v) is 9.23. The van der Waals surface area contributed by atoms with Crippen LogP contribution in [-0.4, -0.2) is 13.1 Å². The lowest BCUT2D eigenvalue weighted by atomic mass is 9.68. The molecule has 2 rings (SSSR count). The van der Waals surface area contributed by atoms with Gasteiger partial charge in [0.05, 0.1) is 0 Å². The first-order chi connectivity index (χ1) is 9.65. The molecule has 0 aliphatic heterocycles. The van der Waals surface area contributed by atoms with Crippen molar-refractivity contribution in [3.05, 3.63) is 21.4 Å². The van der Waals surface area contributed by atoms with E-state index in [4.69, 9.17) is 0 Å². The first kappa shape index (κ1) is 16.0. The van der Waals surface area contributed by atoms with E-state index in [1.807, 2.05) is 11.3 Å². The van der Waals surface area contributed by atoms with Gasteiger partial charge in [-0.3, -0.25) is 0 Å². The summed E-state index contributed by atoms with van der Waals surface area (Å²) in [6.07, 6.45) is 11.4. The molecule has 0 radical (unpaired) electrons. The van der Waals surface area contributed by atoms with E-state index in [-0.39, 0.29) is 0 Å². The van der Waals surface area contributed by atoms with Crippen molar-refractivity contribution in [1.82, 2.24) is 5.32 Å². The van der Waals surface area contributed by atoms with Crippen LogP contribution in [-0.2, 0) is 6.42 Å². The SMILES string of the molecule is CCNCCC1(CCc2cc(C)sc2C)CCCCC1. The molecule has 0 aromatic carbocycles. The van der Waals surface area contributed by atoms with E-state index in [9.17, 15) is 0 Å². The maximum atomic E-state index is 3.54. The molecule has 0 bridgehead atoms.